The first-order valence-corrected chi connectivity index (χ1v) is 11.7. The van der Waals surface area contributed by atoms with Crippen LogP contribution in [-0.4, -0.2) is 17.4 Å². The Labute approximate surface area is 208 Å². The summed E-state index contributed by atoms with van der Waals surface area (Å²) in [6.07, 6.45) is 1.67. The number of carbonyl (C=O) groups excluding carboxylic acids is 1. The molecule has 1 aliphatic heterocycles. The molecule has 35 heavy (non-hydrogen) atoms. The Hall–Kier alpha value is -3.83. The van der Waals surface area contributed by atoms with Gasteiger partial charge in [-0.25, -0.2) is 0 Å². The number of benzene rings is 3. The Morgan fingerprint density at radius 1 is 1.06 bits per heavy atom. The maximum absolute atomic E-state index is 13.7. The number of rotatable bonds is 6. The summed E-state index contributed by atoms with van der Waals surface area (Å²) in [4.78, 5) is 29.1. The van der Waals surface area contributed by atoms with Gasteiger partial charge in [0.05, 0.1) is 17.0 Å². The van der Waals surface area contributed by atoms with Crippen LogP contribution in [0.5, 0.6) is 5.75 Å². The van der Waals surface area contributed by atoms with Crippen molar-refractivity contribution in [2.24, 2.45) is 0 Å². The molecule has 5 rings (SSSR count). The molecule has 6 heteroatoms. The van der Waals surface area contributed by atoms with E-state index in [-0.39, 0.29) is 17.1 Å². The van der Waals surface area contributed by atoms with Crippen LogP contribution in [0, 0.1) is 13.8 Å². The largest absolute Gasteiger partial charge is 0.490 e. The number of hydrogen-bond donors (Lipinski definition) is 0. The van der Waals surface area contributed by atoms with E-state index in [0.717, 1.165) is 22.3 Å². The highest BCUT2D eigenvalue weighted by molar-refractivity contribution is 6.32. The summed E-state index contributed by atoms with van der Waals surface area (Å²) in [5.74, 6) is 0.438. The van der Waals surface area contributed by atoms with Gasteiger partial charge in [0.2, 0.25) is 5.76 Å². The van der Waals surface area contributed by atoms with Crippen molar-refractivity contribution < 1.29 is 13.9 Å². The predicted octanol–water partition coefficient (Wildman–Crippen LogP) is 6.37. The van der Waals surface area contributed by atoms with Crippen molar-refractivity contribution in [3.8, 4) is 5.75 Å². The molecule has 0 bridgehead atoms. The first kappa shape index (κ1) is 22.9. The Bertz CT molecular complexity index is 1500. The van der Waals surface area contributed by atoms with Gasteiger partial charge in [-0.1, -0.05) is 66.2 Å². The molecule has 3 aromatic carbocycles. The second kappa shape index (κ2) is 9.08. The zero-order valence-corrected chi connectivity index (χ0v) is 20.3. The average molecular weight is 486 g/mol. The smallest absolute Gasteiger partial charge is 0.291 e. The topological polar surface area (TPSA) is 59.8 Å². The molecular weight excluding hydrogens is 462 g/mol. The molecule has 5 nitrogen and oxygen atoms in total. The van der Waals surface area contributed by atoms with Crippen molar-refractivity contribution in [1.29, 1.82) is 0 Å². The molecule has 0 fully saturated rings. The number of ether oxygens (including phenoxy) is 1. The van der Waals surface area contributed by atoms with Crippen LogP contribution in [-0.2, 0) is 6.54 Å². The third-order valence-electron chi connectivity index (χ3n) is 6.28. The average Bonchev–Trinajstić information content (AvgIpc) is 3.12. The van der Waals surface area contributed by atoms with Crippen LogP contribution in [0.25, 0.3) is 11.0 Å². The lowest BCUT2D eigenvalue weighted by Gasteiger charge is -2.25. The van der Waals surface area contributed by atoms with Crippen LogP contribution in [0.4, 0.5) is 0 Å². The normalized spacial score (nSPS) is 14.9. The van der Waals surface area contributed by atoms with Gasteiger partial charge >= 0.3 is 0 Å². The molecule has 0 N–H and O–H groups in total. The molecule has 176 valence electrons. The minimum Gasteiger partial charge on any atom is -0.490 e. The molecule has 0 saturated heterocycles. The van der Waals surface area contributed by atoms with Gasteiger partial charge in [-0.15, -0.1) is 0 Å². The quantitative estimate of drug-likeness (QED) is 0.297. The van der Waals surface area contributed by atoms with Crippen molar-refractivity contribution in [2.45, 2.75) is 26.4 Å². The third-order valence-corrected chi connectivity index (χ3v) is 6.69. The first-order chi connectivity index (χ1) is 16.9. The molecule has 0 saturated carbocycles. The van der Waals surface area contributed by atoms with Gasteiger partial charge in [-0.2, -0.15) is 0 Å². The van der Waals surface area contributed by atoms with Gasteiger partial charge in [-0.05, 0) is 54.8 Å². The number of nitrogens with zero attached hydrogens (tertiary/aromatic N) is 1. The summed E-state index contributed by atoms with van der Waals surface area (Å²) in [7, 11) is 0. The lowest BCUT2D eigenvalue weighted by Crippen LogP contribution is -2.29. The van der Waals surface area contributed by atoms with E-state index in [1.165, 1.54) is 0 Å². The number of amides is 1. The summed E-state index contributed by atoms with van der Waals surface area (Å²) in [6, 6.07) is 18.1. The van der Waals surface area contributed by atoms with E-state index in [0.29, 0.717) is 40.5 Å². The fourth-order valence-corrected chi connectivity index (χ4v) is 4.61. The first-order valence-electron chi connectivity index (χ1n) is 11.3. The highest BCUT2D eigenvalue weighted by atomic mass is 35.5. The number of carbonyl (C=O) groups is 1. The minimum absolute atomic E-state index is 0.0771. The van der Waals surface area contributed by atoms with E-state index < -0.39 is 6.04 Å². The maximum Gasteiger partial charge on any atom is 0.291 e. The molecule has 1 aromatic heterocycles. The van der Waals surface area contributed by atoms with E-state index >= 15 is 0 Å². The lowest BCUT2D eigenvalue weighted by molar-refractivity contribution is 0.0714. The van der Waals surface area contributed by atoms with Gasteiger partial charge in [0.1, 0.15) is 17.9 Å². The van der Waals surface area contributed by atoms with Crippen molar-refractivity contribution in [1.82, 2.24) is 4.90 Å². The molecule has 1 amide bonds. The Morgan fingerprint density at radius 2 is 1.77 bits per heavy atom. The summed E-state index contributed by atoms with van der Waals surface area (Å²) in [6.45, 7) is 8.23. The third kappa shape index (κ3) is 4.13. The van der Waals surface area contributed by atoms with Gasteiger partial charge < -0.3 is 14.1 Å². The lowest BCUT2D eigenvalue weighted by atomic mass is 9.98. The summed E-state index contributed by atoms with van der Waals surface area (Å²) in [5, 5.41) is 0.839. The molecule has 2 heterocycles. The Morgan fingerprint density at radius 3 is 2.46 bits per heavy atom. The van der Waals surface area contributed by atoms with Gasteiger partial charge in [0.15, 0.2) is 5.43 Å². The van der Waals surface area contributed by atoms with E-state index in [1.807, 2.05) is 62.4 Å². The molecule has 1 unspecified atom stereocenters. The standard InChI is InChI=1S/C29H24ClNO4/c1-4-13-34-21-11-9-20(10-12-21)26-25-27(32)22-15-23(30)18(3)14-24(22)35-28(25)29(33)31(26)16-19-7-5-17(2)6-8-19/h4-12,14-15,26H,1,13,16H2,2-3H3. The zero-order chi connectivity index (χ0) is 24.7. The molecule has 0 spiro atoms. The monoisotopic (exact) mass is 485 g/mol. The molecule has 0 aliphatic carbocycles. The molecule has 0 radical (unpaired) electrons. The van der Waals surface area contributed by atoms with Crippen molar-refractivity contribution in [3.63, 3.8) is 0 Å². The molecular formula is C29H24ClNO4. The molecule has 1 atom stereocenters. The number of halogens is 1. The van der Waals surface area contributed by atoms with Crippen LogP contribution in [0.15, 0.2) is 82.5 Å². The fourth-order valence-electron chi connectivity index (χ4n) is 4.44. The van der Waals surface area contributed by atoms with Crippen molar-refractivity contribution >= 4 is 28.5 Å². The summed E-state index contributed by atoms with van der Waals surface area (Å²) < 4.78 is 11.7. The van der Waals surface area contributed by atoms with Crippen molar-refractivity contribution in [3.05, 3.63) is 122 Å². The second-order valence-electron chi connectivity index (χ2n) is 8.76. The van der Waals surface area contributed by atoms with E-state index in [4.69, 9.17) is 20.8 Å². The Kier molecular flexibility index (Phi) is 5.95. The van der Waals surface area contributed by atoms with Crippen LogP contribution >= 0.6 is 11.6 Å². The van der Waals surface area contributed by atoms with E-state index in [1.54, 1.807) is 23.1 Å². The second-order valence-corrected chi connectivity index (χ2v) is 9.17. The van der Waals surface area contributed by atoms with Gasteiger partial charge in [0, 0.05) is 11.6 Å². The van der Waals surface area contributed by atoms with Gasteiger partial charge in [-0.3, -0.25) is 9.59 Å². The highest BCUT2D eigenvalue weighted by Gasteiger charge is 2.42. The van der Waals surface area contributed by atoms with Gasteiger partial charge in [0.25, 0.3) is 5.91 Å². The maximum atomic E-state index is 13.7. The number of hydrogen-bond acceptors (Lipinski definition) is 4. The Balaban J connectivity index is 1.67. The minimum atomic E-state index is -0.604. The fraction of sp³-hybridized carbons (Fsp3) is 0.172. The van der Waals surface area contributed by atoms with Crippen LogP contribution in [0.3, 0.4) is 0 Å². The van der Waals surface area contributed by atoms with Crippen LogP contribution in [0.2, 0.25) is 5.02 Å². The molecule has 1 aliphatic rings. The summed E-state index contributed by atoms with van der Waals surface area (Å²) >= 11 is 6.32. The summed E-state index contributed by atoms with van der Waals surface area (Å²) in [5.41, 5.74) is 4.09. The van der Waals surface area contributed by atoms with Crippen LogP contribution in [0.1, 0.15) is 44.4 Å². The highest BCUT2D eigenvalue weighted by Crippen LogP contribution is 2.40. The van der Waals surface area contributed by atoms with E-state index in [2.05, 4.69) is 6.58 Å². The number of fused-ring (bicyclic) bond motifs is 2. The SMILES string of the molecule is C=CCOc1ccc(C2c3c(oc4cc(C)c(Cl)cc4c3=O)C(=O)N2Cc2ccc(C)cc2)cc1. The van der Waals surface area contributed by atoms with Crippen molar-refractivity contribution in [2.75, 3.05) is 6.61 Å². The number of aryl methyl sites for hydroxylation is 2. The predicted molar refractivity (Wildman–Crippen MR) is 137 cm³/mol. The van der Waals surface area contributed by atoms with Crippen LogP contribution < -0.4 is 10.2 Å². The molecule has 4 aromatic rings. The van der Waals surface area contributed by atoms with E-state index in [9.17, 15) is 9.59 Å². The zero-order valence-electron chi connectivity index (χ0n) is 19.5.